The van der Waals surface area contributed by atoms with Gasteiger partial charge in [0.2, 0.25) is 5.91 Å². The Balaban J connectivity index is 2.70. The number of benzene rings is 1. The number of aliphatic carboxylic acids is 1. The predicted molar refractivity (Wildman–Crippen MR) is 78.8 cm³/mol. The molecule has 0 fully saturated rings. The highest BCUT2D eigenvalue weighted by Gasteiger charge is 2.11. The first kappa shape index (κ1) is 16.2. The number of urea groups is 1. The summed E-state index contributed by atoms with van der Waals surface area (Å²) in [6.45, 7) is -0.0546. The fourth-order valence-electron chi connectivity index (χ4n) is 1.47. The Morgan fingerprint density at radius 2 is 2.05 bits per heavy atom. The van der Waals surface area contributed by atoms with Crippen LogP contribution in [0.3, 0.4) is 0 Å². The van der Waals surface area contributed by atoms with Gasteiger partial charge in [0.1, 0.15) is 6.54 Å². The molecule has 0 aliphatic rings. The third kappa shape index (κ3) is 5.77. The lowest BCUT2D eigenvalue weighted by atomic mass is 10.2. The van der Waals surface area contributed by atoms with Crippen LogP contribution in [0.15, 0.2) is 30.3 Å². The number of rotatable bonds is 5. The predicted octanol–water partition coefficient (Wildman–Crippen LogP) is 0.994. The Bertz CT molecular complexity index is 569. The second-order valence-electron chi connectivity index (χ2n) is 4.26. The highest BCUT2D eigenvalue weighted by Crippen LogP contribution is 2.12. The maximum absolute atomic E-state index is 11.9. The molecule has 0 aliphatic heterocycles. The van der Waals surface area contributed by atoms with Crippen LogP contribution in [0.5, 0.6) is 0 Å². The normalized spacial score (nSPS) is 10.2. The molecule has 3 amide bonds. The Morgan fingerprint density at radius 1 is 1.33 bits per heavy atom. The van der Waals surface area contributed by atoms with Crippen molar-refractivity contribution < 1.29 is 19.5 Å². The molecule has 0 aromatic heterocycles. The zero-order valence-electron chi connectivity index (χ0n) is 11.8. The number of nitrogens with one attached hydrogen (secondary N) is 2. The number of hydrogen-bond acceptors (Lipinski definition) is 3. The number of anilines is 1. The fraction of sp³-hybridized carbons (Fsp3) is 0.214. The van der Waals surface area contributed by atoms with Gasteiger partial charge in [-0.3, -0.25) is 4.79 Å². The molecule has 0 atom stereocenters. The third-order valence-corrected chi connectivity index (χ3v) is 2.56. The van der Waals surface area contributed by atoms with Crippen LogP contribution in [0.25, 0.3) is 6.08 Å². The number of amides is 3. The van der Waals surface area contributed by atoms with Crippen molar-refractivity contribution in [2.75, 3.05) is 26.0 Å². The zero-order chi connectivity index (χ0) is 15.8. The van der Waals surface area contributed by atoms with Gasteiger partial charge in [0, 0.05) is 25.9 Å². The van der Waals surface area contributed by atoms with Gasteiger partial charge in [-0.15, -0.1) is 0 Å². The van der Waals surface area contributed by atoms with E-state index in [0.717, 1.165) is 6.08 Å². The van der Waals surface area contributed by atoms with Gasteiger partial charge in [-0.2, -0.15) is 0 Å². The van der Waals surface area contributed by atoms with Crippen molar-refractivity contribution in [3.8, 4) is 0 Å². The molecule has 0 saturated carbocycles. The van der Waals surface area contributed by atoms with Gasteiger partial charge in [-0.25, -0.2) is 9.59 Å². The van der Waals surface area contributed by atoms with Crippen molar-refractivity contribution >= 4 is 29.7 Å². The molecule has 1 rings (SSSR count). The molecule has 1 aromatic rings. The van der Waals surface area contributed by atoms with Crippen molar-refractivity contribution in [3.63, 3.8) is 0 Å². The van der Waals surface area contributed by atoms with Crippen molar-refractivity contribution in [2.45, 2.75) is 0 Å². The first-order chi connectivity index (χ1) is 9.92. The SMILES string of the molecule is CNC(=O)CN(C)C(=O)Nc1cccc(/C=C/C(=O)O)c1. The van der Waals surface area contributed by atoms with Crippen molar-refractivity contribution in [1.82, 2.24) is 10.2 Å². The maximum atomic E-state index is 11.9. The van der Waals surface area contributed by atoms with Gasteiger partial charge < -0.3 is 20.6 Å². The quantitative estimate of drug-likeness (QED) is 0.705. The van der Waals surface area contributed by atoms with Gasteiger partial charge in [0.15, 0.2) is 0 Å². The summed E-state index contributed by atoms with van der Waals surface area (Å²) in [6, 6.07) is 6.27. The molecule has 0 bridgehead atoms. The maximum Gasteiger partial charge on any atom is 0.328 e. The topological polar surface area (TPSA) is 98.7 Å². The van der Waals surface area contributed by atoms with Crippen LogP contribution in [-0.2, 0) is 9.59 Å². The van der Waals surface area contributed by atoms with E-state index in [4.69, 9.17) is 5.11 Å². The van der Waals surface area contributed by atoms with Crippen molar-refractivity contribution in [3.05, 3.63) is 35.9 Å². The molecule has 0 aliphatic carbocycles. The monoisotopic (exact) mass is 291 g/mol. The van der Waals surface area contributed by atoms with Gasteiger partial charge in [0.05, 0.1) is 0 Å². The van der Waals surface area contributed by atoms with Crippen molar-refractivity contribution in [1.29, 1.82) is 0 Å². The minimum absolute atomic E-state index is 0.0546. The van der Waals surface area contributed by atoms with E-state index in [0.29, 0.717) is 11.3 Å². The summed E-state index contributed by atoms with van der Waals surface area (Å²) < 4.78 is 0. The first-order valence-electron chi connectivity index (χ1n) is 6.16. The molecule has 7 heteroatoms. The summed E-state index contributed by atoms with van der Waals surface area (Å²) in [5.74, 6) is -1.32. The smallest absolute Gasteiger partial charge is 0.328 e. The van der Waals surface area contributed by atoms with Crippen LogP contribution in [-0.4, -0.2) is 48.6 Å². The molecule has 0 radical (unpaired) electrons. The molecule has 0 saturated heterocycles. The number of carbonyl (C=O) groups excluding carboxylic acids is 2. The van der Waals surface area contributed by atoms with E-state index < -0.39 is 12.0 Å². The minimum Gasteiger partial charge on any atom is -0.478 e. The van der Waals surface area contributed by atoms with Crippen LogP contribution in [0.4, 0.5) is 10.5 Å². The Hall–Kier alpha value is -2.83. The van der Waals surface area contributed by atoms with E-state index in [1.807, 2.05) is 0 Å². The minimum atomic E-state index is -1.05. The second kappa shape index (κ2) is 7.68. The zero-order valence-corrected chi connectivity index (χ0v) is 11.8. The lowest BCUT2D eigenvalue weighted by molar-refractivity contribution is -0.131. The molecule has 112 valence electrons. The second-order valence-corrected chi connectivity index (χ2v) is 4.26. The highest BCUT2D eigenvalue weighted by atomic mass is 16.4. The molecular formula is C14H17N3O4. The average molecular weight is 291 g/mol. The van der Waals surface area contributed by atoms with Gasteiger partial charge in [0.25, 0.3) is 0 Å². The molecule has 7 nitrogen and oxygen atoms in total. The average Bonchev–Trinajstić information content (AvgIpc) is 2.45. The van der Waals surface area contributed by atoms with Gasteiger partial charge in [-0.05, 0) is 23.8 Å². The summed E-state index contributed by atoms with van der Waals surface area (Å²) >= 11 is 0. The van der Waals surface area contributed by atoms with E-state index in [2.05, 4.69) is 10.6 Å². The number of carboxylic acid groups (broad SMARTS) is 1. The summed E-state index contributed by atoms with van der Waals surface area (Å²) in [7, 11) is 2.99. The first-order valence-corrected chi connectivity index (χ1v) is 6.16. The largest absolute Gasteiger partial charge is 0.478 e. The van der Waals surface area contributed by atoms with Crippen LogP contribution < -0.4 is 10.6 Å². The molecule has 0 unspecified atom stereocenters. The lowest BCUT2D eigenvalue weighted by Crippen LogP contribution is -2.39. The highest BCUT2D eigenvalue weighted by molar-refractivity contribution is 5.92. The van der Waals surface area contributed by atoms with Crippen LogP contribution in [0.1, 0.15) is 5.56 Å². The molecule has 21 heavy (non-hydrogen) atoms. The van der Waals surface area contributed by atoms with Crippen LogP contribution >= 0.6 is 0 Å². The molecule has 3 N–H and O–H groups in total. The number of hydrogen-bond donors (Lipinski definition) is 3. The van der Waals surface area contributed by atoms with Gasteiger partial charge in [-0.1, -0.05) is 12.1 Å². The number of likely N-dealkylation sites (N-methyl/N-ethyl adjacent to an activating group) is 2. The summed E-state index contributed by atoms with van der Waals surface area (Å²) in [5.41, 5.74) is 1.15. The Morgan fingerprint density at radius 3 is 2.67 bits per heavy atom. The standard InChI is InChI=1S/C14H17N3O4/c1-15-12(18)9-17(2)14(21)16-11-5-3-4-10(8-11)6-7-13(19)20/h3-8H,9H2,1-2H3,(H,15,18)(H,16,21)(H,19,20)/b7-6+. The molecule has 1 aromatic carbocycles. The Kier molecular flexibility index (Phi) is 5.94. The van der Waals surface area contributed by atoms with E-state index in [1.54, 1.807) is 24.3 Å². The van der Waals surface area contributed by atoms with E-state index in [-0.39, 0.29) is 12.5 Å². The number of nitrogens with zero attached hydrogens (tertiary/aromatic N) is 1. The summed E-state index contributed by atoms with van der Waals surface area (Å²) in [6.07, 6.45) is 2.44. The third-order valence-electron chi connectivity index (χ3n) is 2.56. The summed E-state index contributed by atoms with van der Waals surface area (Å²) in [5, 5.41) is 13.6. The molecule has 0 heterocycles. The van der Waals surface area contributed by atoms with E-state index in [1.165, 1.54) is 25.1 Å². The number of carbonyl (C=O) groups is 3. The lowest BCUT2D eigenvalue weighted by Gasteiger charge is -2.17. The molecular weight excluding hydrogens is 274 g/mol. The van der Waals surface area contributed by atoms with Crippen LogP contribution in [0.2, 0.25) is 0 Å². The molecule has 0 spiro atoms. The fourth-order valence-corrected chi connectivity index (χ4v) is 1.47. The summed E-state index contributed by atoms with van der Waals surface area (Å²) in [4.78, 5) is 34.7. The van der Waals surface area contributed by atoms with E-state index >= 15 is 0 Å². The van der Waals surface area contributed by atoms with Crippen molar-refractivity contribution in [2.24, 2.45) is 0 Å². The van der Waals surface area contributed by atoms with Crippen LogP contribution in [0, 0.1) is 0 Å². The Labute approximate surface area is 122 Å². The number of carboxylic acids is 1. The van der Waals surface area contributed by atoms with E-state index in [9.17, 15) is 14.4 Å². The van der Waals surface area contributed by atoms with Gasteiger partial charge >= 0.3 is 12.0 Å².